The highest BCUT2D eigenvalue weighted by Gasteiger charge is 2.42. The summed E-state index contributed by atoms with van der Waals surface area (Å²) in [6.45, 7) is 4.11. The van der Waals surface area contributed by atoms with Gasteiger partial charge in [-0.3, -0.25) is 19.4 Å². The molecular weight excluding hydrogens is 428 g/mol. The lowest BCUT2D eigenvalue weighted by Gasteiger charge is -2.17. The van der Waals surface area contributed by atoms with Crippen molar-refractivity contribution < 1.29 is 14.4 Å². The summed E-state index contributed by atoms with van der Waals surface area (Å²) in [7, 11) is 0. The van der Waals surface area contributed by atoms with Crippen LogP contribution in [0.15, 0.2) is 48.9 Å². The van der Waals surface area contributed by atoms with E-state index in [-0.39, 0.29) is 23.9 Å². The van der Waals surface area contributed by atoms with Crippen molar-refractivity contribution in [3.05, 3.63) is 76.3 Å². The zero-order chi connectivity index (χ0) is 22.8. The highest BCUT2D eigenvalue weighted by atomic mass is 35.5. The zero-order valence-electron chi connectivity index (χ0n) is 17.8. The molecule has 7 nitrogen and oxygen atoms in total. The van der Waals surface area contributed by atoms with Crippen molar-refractivity contribution in [1.29, 1.82) is 0 Å². The molecule has 8 heteroatoms. The molecule has 0 radical (unpaired) electrons. The number of nitrogens with zero attached hydrogens (tertiary/aromatic N) is 3. The van der Waals surface area contributed by atoms with Gasteiger partial charge in [0.1, 0.15) is 17.4 Å². The molecule has 164 valence electrons. The molecule has 0 bridgehead atoms. The molecule has 1 N–H and O–H groups in total. The van der Waals surface area contributed by atoms with Gasteiger partial charge in [-0.15, -0.1) is 0 Å². The minimum Gasteiger partial charge on any atom is -0.351 e. The van der Waals surface area contributed by atoms with Gasteiger partial charge in [-0.05, 0) is 61.2 Å². The fraction of sp³-hybridized carbons (Fsp3) is 0.292. The zero-order valence-corrected chi connectivity index (χ0v) is 18.6. The number of nitrogens with one attached hydrogen (secondary N) is 1. The van der Waals surface area contributed by atoms with Gasteiger partial charge < -0.3 is 5.32 Å². The van der Waals surface area contributed by atoms with Crippen molar-refractivity contribution in [2.24, 2.45) is 5.92 Å². The molecule has 1 aliphatic rings. The summed E-state index contributed by atoms with van der Waals surface area (Å²) in [6, 6.07) is 8.92. The van der Waals surface area contributed by atoms with Crippen LogP contribution < -0.4 is 5.32 Å². The fourth-order valence-electron chi connectivity index (χ4n) is 4.33. The van der Waals surface area contributed by atoms with Crippen molar-refractivity contribution in [2.75, 3.05) is 6.54 Å². The Morgan fingerprint density at radius 3 is 2.59 bits per heavy atom. The Morgan fingerprint density at radius 1 is 1.22 bits per heavy atom. The number of ketones is 2. The first kappa shape index (κ1) is 21.9. The summed E-state index contributed by atoms with van der Waals surface area (Å²) in [4.78, 5) is 42.1. The minimum atomic E-state index is -0.762. The molecule has 4 rings (SSSR count). The Morgan fingerprint density at radius 2 is 1.97 bits per heavy atom. The standard InChI is InChI=1S/C24H23ClN4O3/c1-14-9-18(29-13-17(25)12-28-29)10-15(2)21(14)22-20(30)11-16(23(22)31)6-8-27-24(32)19-5-3-4-7-26-19/h3-5,7,9-10,12-13,16,22H,6,8,11H2,1-2H3,(H,27,32)/t16-,22?/m0/s1. The highest BCUT2D eigenvalue weighted by molar-refractivity contribution is 6.30. The number of pyridine rings is 1. The van der Waals surface area contributed by atoms with Gasteiger partial charge in [0.15, 0.2) is 5.78 Å². The van der Waals surface area contributed by atoms with Gasteiger partial charge in [-0.25, -0.2) is 4.68 Å². The molecular formula is C24H23ClN4O3. The van der Waals surface area contributed by atoms with E-state index in [1.54, 1.807) is 41.5 Å². The Kier molecular flexibility index (Phi) is 6.19. The second kappa shape index (κ2) is 9.04. The Balaban J connectivity index is 1.46. The van der Waals surface area contributed by atoms with Crippen LogP contribution in [0.1, 0.15) is 45.9 Å². The number of rotatable bonds is 6. The van der Waals surface area contributed by atoms with Crippen LogP contribution in [0.5, 0.6) is 0 Å². The van der Waals surface area contributed by atoms with Gasteiger partial charge >= 0.3 is 0 Å². The maximum atomic E-state index is 13.1. The highest BCUT2D eigenvalue weighted by Crippen LogP contribution is 2.37. The third-order valence-corrected chi connectivity index (χ3v) is 6.01. The van der Waals surface area contributed by atoms with Gasteiger partial charge in [0.2, 0.25) is 0 Å². The largest absolute Gasteiger partial charge is 0.351 e. The Labute approximate surface area is 190 Å². The van der Waals surface area contributed by atoms with Crippen LogP contribution in [0.2, 0.25) is 5.02 Å². The van der Waals surface area contributed by atoms with Crippen molar-refractivity contribution in [1.82, 2.24) is 20.1 Å². The average Bonchev–Trinajstić information content (AvgIpc) is 3.32. The monoisotopic (exact) mass is 450 g/mol. The van der Waals surface area contributed by atoms with Gasteiger partial charge in [0, 0.05) is 31.3 Å². The third kappa shape index (κ3) is 4.34. The summed E-state index contributed by atoms with van der Waals surface area (Å²) >= 11 is 5.97. The predicted octanol–water partition coefficient (Wildman–Crippen LogP) is 3.60. The molecule has 2 aromatic heterocycles. The summed E-state index contributed by atoms with van der Waals surface area (Å²) in [5.41, 5.74) is 3.64. The first-order valence-corrected chi connectivity index (χ1v) is 10.8. The number of halogens is 1. The van der Waals surface area contributed by atoms with Gasteiger partial charge in [-0.1, -0.05) is 17.7 Å². The van der Waals surface area contributed by atoms with Crippen LogP contribution in [-0.4, -0.2) is 38.8 Å². The normalized spacial score (nSPS) is 18.2. The molecule has 1 aromatic carbocycles. The Bertz CT molecular complexity index is 1170. The second-order valence-electron chi connectivity index (χ2n) is 8.06. The van der Waals surface area contributed by atoms with E-state index >= 15 is 0 Å². The topological polar surface area (TPSA) is 93.9 Å². The van der Waals surface area contributed by atoms with Gasteiger partial charge in [0.25, 0.3) is 5.91 Å². The van der Waals surface area contributed by atoms with Crippen LogP contribution in [0, 0.1) is 19.8 Å². The fourth-order valence-corrected chi connectivity index (χ4v) is 4.47. The maximum Gasteiger partial charge on any atom is 0.269 e. The molecule has 0 aliphatic heterocycles. The summed E-state index contributed by atoms with van der Waals surface area (Å²) < 4.78 is 1.66. The summed E-state index contributed by atoms with van der Waals surface area (Å²) in [6.07, 6.45) is 5.42. The first-order chi connectivity index (χ1) is 15.3. The summed E-state index contributed by atoms with van der Waals surface area (Å²) in [5, 5.41) is 7.53. The molecule has 2 heterocycles. The van der Waals surface area contributed by atoms with Crippen LogP contribution in [0.3, 0.4) is 0 Å². The van der Waals surface area contributed by atoms with E-state index in [0.29, 0.717) is 23.7 Å². The predicted molar refractivity (Wildman–Crippen MR) is 120 cm³/mol. The molecule has 1 saturated carbocycles. The number of amides is 1. The quantitative estimate of drug-likeness (QED) is 0.579. The van der Waals surface area contributed by atoms with E-state index < -0.39 is 11.8 Å². The number of carbonyl (C=O) groups is 3. The molecule has 1 amide bonds. The van der Waals surface area contributed by atoms with Gasteiger partial charge in [0.05, 0.1) is 16.9 Å². The van der Waals surface area contributed by atoms with E-state index in [1.807, 2.05) is 26.0 Å². The van der Waals surface area contributed by atoms with Gasteiger partial charge in [-0.2, -0.15) is 5.10 Å². The number of hydrogen-bond acceptors (Lipinski definition) is 5. The molecule has 1 aliphatic carbocycles. The van der Waals surface area contributed by atoms with Crippen molar-refractivity contribution in [3.8, 4) is 5.69 Å². The number of aryl methyl sites for hydroxylation is 2. The lowest BCUT2D eigenvalue weighted by Crippen LogP contribution is -2.27. The number of hydrogen-bond donors (Lipinski definition) is 1. The first-order valence-electron chi connectivity index (χ1n) is 10.4. The van der Waals surface area contributed by atoms with Crippen LogP contribution in [0.25, 0.3) is 5.69 Å². The van der Waals surface area contributed by atoms with E-state index in [9.17, 15) is 14.4 Å². The van der Waals surface area contributed by atoms with E-state index in [4.69, 9.17) is 11.6 Å². The van der Waals surface area contributed by atoms with E-state index in [0.717, 1.165) is 22.4 Å². The van der Waals surface area contributed by atoms with Crippen molar-refractivity contribution in [3.63, 3.8) is 0 Å². The minimum absolute atomic E-state index is 0.0721. The smallest absolute Gasteiger partial charge is 0.269 e. The van der Waals surface area contributed by atoms with Crippen molar-refractivity contribution in [2.45, 2.75) is 32.6 Å². The van der Waals surface area contributed by atoms with E-state index in [1.165, 1.54) is 0 Å². The molecule has 3 aromatic rings. The molecule has 0 saturated heterocycles. The summed E-state index contributed by atoms with van der Waals surface area (Å²) in [5.74, 6) is -1.61. The van der Waals surface area contributed by atoms with Crippen LogP contribution >= 0.6 is 11.6 Å². The number of aromatic nitrogens is 3. The SMILES string of the molecule is Cc1cc(-n2cc(Cl)cn2)cc(C)c1C1C(=O)C[C@H](CCNC(=O)c2ccccn2)C1=O. The molecule has 32 heavy (non-hydrogen) atoms. The number of benzene rings is 1. The Hall–Kier alpha value is -3.32. The molecule has 0 spiro atoms. The third-order valence-electron chi connectivity index (χ3n) is 5.82. The van der Waals surface area contributed by atoms with Crippen LogP contribution in [-0.2, 0) is 9.59 Å². The van der Waals surface area contributed by atoms with E-state index in [2.05, 4.69) is 15.4 Å². The second-order valence-corrected chi connectivity index (χ2v) is 8.50. The maximum absolute atomic E-state index is 13.1. The molecule has 2 atom stereocenters. The molecule has 1 unspecified atom stereocenters. The lowest BCUT2D eigenvalue weighted by molar-refractivity contribution is -0.124. The molecule has 1 fully saturated rings. The van der Waals surface area contributed by atoms with Crippen molar-refractivity contribution >= 4 is 29.1 Å². The number of Topliss-reactive ketones (excluding diaryl/α,β-unsaturated/α-hetero) is 2. The van der Waals surface area contributed by atoms with Crippen LogP contribution in [0.4, 0.5) is 0 Å². The lowest BCUT2D eigenvalue weighted by atomic mass is 9.87. The number of carbonyl (C=O) groups excluding carboxylic acids is 3. The average molecular weight is 451 g/mol.